The minimum atomic E-state index is 0.669. The highest BCUT2D eigenvalue weighted by Gasteiger charge is 2.04. The molecule has 0 aliphatic heterocycles. The number of methoxy groups -OCH3 is 1. The SMILES string of the molecule is C=CCc1cc(OC)ccc1OCCCNCCN. The zero-order valence-corrected chi connectivity index (χ0v) is 11.7. The minimum absolute atomic E-state index is 0.669. The molecule has 19 heavy (non-hydrogen) atoms. The molecule has 0 saturated carbocycles. The molecule has 0 aliphatic carbocycles. The van der Waals surface area contributed by atoms with Gasteiger partial charge in [0.25, 0.3) is 0 Å². The van der Waals surface area contributed by atoms with Crippen LogP contribution in [0.5, 0.6) is 11.5 Å². The Morgan fingerprint density at radius 2 is 2.21 bits per heavy atom. The van der Waals surface area contributed by atoms with Gasteiger partial charge in [-0.3, -0.25) is 0 Å². The Hall–Kier alpha value is -1.52. The maximum absolute atomic E-state index is 5.79. The first-order valence-electron chi connectivity index (χ1n) is 6.63. The molecule has 1 rings (SSSR count). The fourth-order valence-electron chi connectivity index (χ4n) is 1.74. The summed E-state index contributed by atoms with van der Waals surface area (Å²) in [5.41, 5.74) is 6.50. The molecule has 0 aliphatic rings. The summed E-state index contributed by atoms with van der Waals surface area (Å²) in [7, 11) is 1.66. The molecule has 0 unspecified atom stereocenters. The van der Waals surface area contributed by atoms with E-state index in [1.165, 1.54) is 0 Å². The van der Waals surface area contributed by atoms with Crippen molar-refractivity contribution in [3.8, 4) is 11.5 Å². The van der Waals surface area contributed by atoms with Gasteiger partial charge in [-0.2, -0.15) is 0 Å². The van der Waals surface area contributed by atoms with Crippen molar-refractivity contribution in [2.24, 2.45) is 5.73 Å². The van der Waals surface area contributed by atoms with Gasteiger partial charge in [0.1, 0.15) is 11.5 Å². The lowest BCUT2D eigenvalue weighted by Crippen LogP contribution is -2.24. The molecule has 0 fully saturated rings. The second-order valence-corrected chi connectivity index (χ2v) is 4.21. The molecule has 0 atom stereocenters. The lowest BCUT2D eigenvalue weighted by Gasteiger charge is -2.12. The molecule has 0 amide bonds. The Bertz CT molecular complexity index is 380. The summed E-state index contributed by atoms with van der Waals surface area (Å²) in [4.78, 5) is 0. The standard InChI is InChI=1S/C15H24N2O2/c1-3-5-13-12-14(18-2)6-7-15(13)19-11-4-9-17-10-8-16/h3,6-7,12,17H,1,4-5,8-11,16H2,2H3. The van der Waals surface area contributed by atoms with Gasteiger partial charge in [-0.05, 0) is 37.6 Å². The maximum Gasteiger partial charge on any atom is 0.123 e. The van der Waals surface area contributed by atoms with Gasteiger partial charge in [0, 0.05) is 18.7 Å². The summed E-state index contributed by atoms with van der Waals surface area (Å²) in [5, 5.41) is 3.24. The molecule has 1 aromatic rings. The van der Waals surface area contributed by atoms with Crippen LogP contribution in [0.1, 0.15) is 12.0 Å². The van der Waals surface area contributed by atoms with Gasteiger partial charge < -0.3 is 20.5 Å². The van der Waals surface area contributed by atoms with Gasteiger partial charge in [0.2, 0.25) is 0 Å². The number of hydrogen-bond donors (Lipinski definition) is 2. The Balaban J connectivity index is 2.45. The molecule has 0 heterocycles. The van der Waals surface area contributed by atoms with Crippen LogP contribution >= 0.6 is 0 Å². The monoisotopic (exact) mass is 264 g/mol. The predicted octanol–water partition coefficient (Wildman–Crippen LogP) is 1.74. The van der Waals surface area contributed by atoms with E-state index in [1.54, 1.807) is 7.11 Å². The van der Waals surface area contributed by atoms with Crippen LogP contribution in [0.25, 0.3) is 0 Å². The molecule has 4 heteroatoms. The van der Waals surface area contributed by atoms with Gasteiger partial charge in [-0.1, -0.05) is 6.08 Å². The normalized spacial score (nSPS) is 10.2. The summed E-state index contributed by atoms with van der Waals surface area (Å²) in [6.07, 6.45) is 3.60. The molecule has 0 bridgehead atoms. The van der Waals surface area contributed by atoms with Gasteiger partial charge in [-0.25, -0.2) is 0 Å². The summed E-state index contributed by atoms with van der Waals surface area (Å²) in [6.45, 7) is 6.89. The quantitative estimate of drug-likeness (QED) is 0.499. The summed E-state index contributed by atoms with van der Waals surface area (Å²) < 4.78 is 11.0. The van der Waals surface area contributed by atoms with Crippen molar-refractivity contribution >= 4 is 0 Å². The lowest BCUT2D eigenvalue weighted by atomic mass is 10.1. The first-order valence-corrected chi connectivity index (χ1v) is 6.63. The van der Waals surface area contributed by atoms with E-state index in [1.807, 2.05) is 24.3 Å². The largest absolute Gasteiger partial charge is 0.497 e. The molecule has 0 saturated heterocycles. The van der Waals surface area contributed by atoms with Crippen LogP contribution in [0.3, 0.4) is 0 Å². The van der Waals surface area contributed by atoms with E-state index < -0.39 is 0 Å². The molecule has 0 radical (unpaired) electrons. The number of hydrogen-bond acceptors (Lipinski definition) is 4. The molecule has 3 N–H and O–H groups in total. The second-order valence-electron chi connectivity index (χ2n) is 4.21. The van der Waals surface area contributed by atoms with Crippen LogP contribution in [0.4, 0.5) is 0 Å². The number of allylic oxidation sites excluding steroid dienone is 1. The van der Waals surface area contributed by atoms with Gasteiger partial charge in [0.05, 0.1) is 13.7 Å². The van der Waals surface area contributed by atoms with Crippen LogP contribution in [0.15, 0.2) is 30.9 Å². The Labute approximate surface area is 115 Å². The molecule has 4 nitrogen and oxygen atoms in total. The van der Waals surface area contributed by atoms with Crippen LogP contribution in [-0.4, -0.2) is 33.4 Å². The number of rotatable bonds is 10. The first kappa shape index (κ1) is 15.5. The minimum Gasteiger partial charge on any atom is -0.497 e. The van der Waals surface area contributed by atoms with E-state index >= 15 is 0 Å². The van der Waals surface area contributed by atoms with Gasteiger partial charge in [0.15, 0.2) is 0 Å². The Morgan fingerprint density at radius 3 is 2.89 bits per heavy atom. The Kier molecular flexibility index (Phi) is 7.70. The number of nitrogens with two attached hydrogens (primary N) is 1. The fraction of sp³-hybridized carbons (Fsp3) is 0.467. The average molecular weight is 264 g/mol. The molecule has 1 aromatic carbocycles. The highest BCUT2D eigenvalue weighted by molar-refractivity contribution is 5.41. The van der Waals surface area contributed by atoms with Crippen LogP contribution in [0.2, 0.25) is 0 Å². The van der Waals surface area contributed by atoms with Crippen molar-refractivity contribution < 1.29 is 9.47 Å². The number of benzene rings is 1. The lowest BCUT2D eigenvalue weighted by molar-refractivity contribution is 0.305. The van der Waals surface area contributed by atoms with E-state index in [9.17, 15) is 0 Å². The van der Waals surface area contributed by atoms with E-state index in [0.29, 0.717) is 13.2 Å². The van der Waals surface area contributed by atoms with Crippen LogP contribution < -0.4 is 20.5 Å². The van der Waals surface area contributed by atoms with E-state index in [4.69, 9.17) is 15.2 Å². The molecule has 106 valence electrons. The van der Waals surface area contributed by atoms with Crippen molar-refractivity contribution in [3.63, 3.8) is 0 Å². The Morgan fingerprint density at radius 1 is 1.37 bits per heavy atom. The smallest absolute Gasteiger partial charge is 0.123 e. The second kappa shape index (κ2) is 9.42. The molecule has 0 spiro atoms. The number of nitrogens with one attached hydrogen (secondary N) is 1. The van der Waals surface area contributed by atoms with Crippen molar-refractivity contribution in [2.45, 2.75) is 12.8 Å². The van der Waals surface area contributed by atoms with Crippen LogP contribution in [-0.2, 0) is 6.42 Å². The van der Waals surface area contributed by atoms with Crippen molar-refractivity contribution in [1.29, 1.82) is 0 Å². The summed E-state index contributed by atoms with van der Waals surface area (Å²) in [5.74, 6) is 1.74. The van der Waals surface area contributed by atoms with Gasteiger partial charge >= 0.3 is 0 Å². The highest BCUT2D eigenvalue weighted by atomic mass is 16.5. The summed E-state index contributed by atoms with van der Waals surface area (Å²) >= 11 is 0. The topological polar surface area (TPSA) is 56.5 Å². The van der Waals surface area contributed by atoms with E-state index in [0.717, 1.165) is 43.0 Å². The fourth-order valence-corrected chi connectivity index (χ4v) is 1.74. The third kappa shape index (κ3) is 5.77. The van der Waals surface area contributed by atoms with Crippen molar-refractivity contribution in [3.05, 3.63) is 36.4 Å². The molecule has 0 aromatic heterocycles. The van der Waals surface area contributed by atoms with Crippen LogP contribution in [0, 0.1) is 0 Å². The summed E-state index contributed by atoms with van der Waals surface area (Å²) in [6, 6.07) is 5.85. The maximum atomic E-state index is 5.79. The van der Waals surface area contributed by atoms with E-state index in [2.05, 4.69) is 11.9 Å². The average Bonchev–Trinajstić information content (AvgIpc) is 2.44. The van der Waals surface area contributed by atoms with Gasteiger partial charge in [-0.15, -0.1) is 6.58 Å². The van der Waals surface area contributed by atoms with Crippen molar-refractivity contribution in [1.82, 2.24) is 5.32 Å². The van der Waals surface area contributed by atoms with E-state index in [-0.39, 0.29) is 0 Å². The first-order chi connectivity index (χ1) is 9.31. The van der Waals surface area contributed by atoms with Crippen molar-refractivity contribution in [2.75, 3.05) is 33.4 Å². The zero-order chi connectivity index (χ0) is 13.9. The third-order valence-corrected chi connectivity index (χ3v) is 2.71. The highest BCUT2D eigenvalue weighted by Crippen LogP contribution is 2.25. The zero-order valence-electron chi connectivity index (χ0n) is 11.7. The predicted molar refractivity (Wildman–Crippen MR) is 78.9 cm³/mol. The molecular formula is C15H24N2O2. The number of ether oxygens (including phenoxy) is 2. The molecular weight excluding hydrogens is 240 g/mol. The third-order valence-electron chi connectivity index (χ3n) is 2.71.